The fourth-order valence-corrected chi connectivity index (χ4v) is 1.73. The summed E-state index contributed by atoms with van der Waals surface area (Å²) in [5, 5.41) is 10.5. The van der Waals surface area contributed by atoms with Gasteiger partial charge in [0.25, 0.3) is 0 Å². The van der Waals surface area contributed by atoms with Crippen molar-refractivity contribution in [3.8, 4) is 11.6 Å². The predicted molar refractivity (Wildman–Crippen MR) is 71.4 cm³/mol. The molecule has 0 saturated carbocycles. The van der Waals surface area contributed by atoms with Crippen LogP contribution in [-0.2, 0) is 0 Å². The summed E-state index contributed by atoms with van der Waals surface area (Å²) >= 11 is 11.9. The van der Waals surface area contributed by atoms with E-state index in [-0.39, 0.29) is 0 Å². The molecule has 1 N–H and O–H groups in total. The molecule has 2 aromatic rings. The lowest BCUT2D eigenvalue weighted by atomic mass is 10.2. The number of hydrogen-bond acceptors (Lipinski definition) is 3. The molecule has 1 heterocycles. The van der Waals surface area contributed by atoms with E-state index in [1.165, 1.54) is 0 Å². The molecule has 5 heteroatoms. The average Bonchev–Trinajstić information content (AvgIpc) is 2.34. The lowest BCUT2D eigenvalue weighted by Gasteiger charge is -2.09. The van der Waals surface area contributed by atoms with Gasteiger partial charge in [0.15, 0.2) is 0 Å². The van der Waals surface area contributed by atoms with Gasteiger partial charge in [0.05, 0.1) is 11.1 Å². The van der Waals surface area contributed by atoms with Crippen LogP contribution in [0.3, 0.4) is 0 Å². The molecule has 0 unspecified atom stereocenters. The van der Waals surface area contributed by atoms with Crippen molar-refractivity contribution in [3.05, 3.63) is 52.1 Å². The fraction of sp³-hybridized carbons (Fsp3) is 0.154. The van der Waals surface area contributed by atoms with Gasteiger partial charge >= 0.3 is 0 Å². The monoisotopic (exact) mass is 283 g/mol. The van der Waals surface area contributed by atoms with Crippen LogP contribution in [0.5, 0.6) is 11.6 Å². The van der Waals surface area contributed by atoms with Gasteiger partial charge in [-0.15, -0.1) is 0 Å². The Hall–Kier alpha value is -1.29. The molecule has 0 bridgehead atoms. The Morgan fingerprint density at radius 2 is 2.00 bits per heavy atom. The molecular weight excluding hydrogens is 273 g/mol. The van der Waals surface area contributed by atoms with Crippen LogP contribution in [0.2, 0.25) is 10.0 Å². The minimum Gasteiger partial charge on any atom is -0.437 e. The van der Waals surface area contributed by atoms with Crippen LogP contribution >= 0.6 is 23.2 Å². The number of ether oxygens (including phenoxy) is 1. The van der Waals surface area contributed by atoms with Gasteiger partial charge in [-0.2, -0.15) is 0 Å². The summed E-state index contributed by atoms with van der Waals surface area (Å²) < 4.78 is 5.54. The van der Waals surface area contributed by atoms with Crippen LogP contribution in [0.4, 0.5) is 0 Å². The first kappa shape index (κ1) is 13.1. The molecule has 2 rings (SSSR count). The van der Waals surface area contributed by atoms with Crippen molar-refractivity contribution in [1.29, 1.82) is 0 Å². The summed E-state index contributed by atoms with van der Waals surface area (Å²) in [5.41, 5.74) is 0.721. The van der Waals surface area contributed by atoms with E-state index in [1.807, 2.05) is 0 Å². The zero-order valence-corrected chi connectivity index (χ0v) is 11.1. The van der Waals surface area contributed by atoms with Crippen LogP contribution < -0.4 is 4.74 Å². The van der Waals surface area contributed by atoms with Crippen molar-refractivity contribution >= 4 is 23.2 Å². The second kappa shape index (κ2) is 5.57. The number of pyridine rings is 1. The number of rotatable bonds is 3. The number of hydrogen-bond donors (Lipinski definition) is 1. The third-order valence-electron chi connectivity index (χ3n) is 2.35. The van der Waals surface area contributed by atoms with Crippen LogP contribution in [-0.4, -0.2) is 10.1 Å². The summed E-state index contributed by atoms with van der Waals surface area (Å²) in [6.45, 7) is 1.67. The van der Waals surface area contributed by atoms with Crippen LogP contribution in [0.15, 0.2) is 36.5 Å². The maximum absolute atomic E-state index is 9.48. The first-order valence-electron chi connectivity index (χ1n) is 5.33. The zero-order chi connectivity index (χ0) is 13.1. The van der Waals surface area contributed by atoms with E-state index >= 15 is 0 Å². The Morgan fingerprint density at radius 3 is 2.72 bits per heavy atom. The van der Waals surface area contributed by atoms with E-state index in [2.05, 4.69) is 4.98 Å². The molecule has 0 aliphatic carbocycles. The Balaban J connectivity index is 2.28. The zero-order valence-electron chi connectivity index (χ0n) is 9.60. The van der Waals surface area contributed by atoms with E-state index in [1.54, 1.807) is 43.5 Å². The SMILES string of the molecule is C[C@H](O)c1ccnc(Oc2cc(Cl)ccc2Cl)c1. The molecule has 18 heavy (non-hydrogen) atoms. The van der Waals surface area contributed by atoms with Gasteiger partial charge in [-0.3, -0.25) is 0 Å². The number of nitrogens with zero attached hydrogens (tertiary/aromatic N) is 1. The van der Waals surface area contributed by atoms with E-state index < -0.39 is 6.10 Å². The minimum atomic E-state index is -0.579. The van der Waals surface area contributed by atoms with Crippen molar-refractivity contribution in [1.82, 2.24) is 4.98 Å². The molecule has 3 nitrogen and oxygen atoms in total. The van der Waals surface area contributed by atoms with Gasteiger partial charge < -0.3 is 9.84 Å². The highest BCUT2D eigenvalue weighted by Gasteiger charge is 2.07. The molecule has 94 valence electrons. The number of aromatic nitrogens is 1. The smallest absolute Gasteiger partial charge is 0.219 e. The molecule has 1 atom stereocenters. The molecule has 0 radical (unpaired) electrons. The molecule has 0 aliphatic heterocycles. The van der Waals surface area contributed by atoms with Crippen molar-refractivity contribution in [2.75, 3.05) is 0 Å². The maximum Gasteiger partial charge on any atom is 0.219 e. The maximum atomic E-state index is 9.48. The van der Waals surface area contributed by atoms with Crippen LogP contribution in [0.25, 0.3) is 0 Å². The highest BCUT2D eigenvalue weighted by molar-refractivity contribution is 6.34. The Morgan fingerprint density at radius 1 is 1.22 bits per heavy atom. The summed E-state index contributed by atoms with van der Waals surface area (Å²) in [4.78, 5) is 4.05. The van der Waals surface area contributed by atoms with Gasteiger partial charge in [-0.25, -0.2) is 4.98 Å². The normalized spacial score (nSPS) is 12.2. The van der Waals surface area contributed by atoms with E-state index in [9.17, 15) is 5.11 Å². The molecule has 0 spiro atoms. The molecule has 0 amide bonds. The average molecular weight is 284 g/mol. The molecule has 0 fully saturated rings. The standard InChI is InChI=1S/C13H11Cl2NO2/c1-8(17)9-4-5-16-13(6-9)18-12-7-10(14)2-3-11(12)15/h2-8,17H,1H3/t8-/m0/s1. The number of benzene rings is 1. The minimum absolute atomic E-state index is 0.359. The predicted octanol–water partition coefficient (Wildman–Crippen LogP) is 4.23. The summed E-state index contributed by atoms with van der Waals surface area (Å²) in [6, 6.07) is 8.31. The van der Waals surface area contributed by atoms with Gasteiger partial charge in [0.2, 0.25) is 5.88 Å². The quantitative estimate of drug-likeness (QED) is 0.916. The summed E-state index contributed by atoms with van der Waals surface area (Å²) in [6.07, 6.45) is 0.987. The molecule has 0 aliphatic rings. The summed E-state index contributed by atoms with van der Waals surface area (Å²) in [7, 11) is 0. The summed E-state index contributed by atoms with van der Waals surface area (Å²) in [5.74, 6) is 0.789. The number of aliphatic hydroxyl groups is 1. The van der Waals surface area contributed by atoms with E-state index in [0.29, 0.717) is 21.7 Å². The van der Waals surface area contributed by atoms with Gasteiger partial charge in [-0.1, -0.05) is 23.2 Å². The Bertz CT molecular complexity index is 558. The molecule has 0 saturated heterocycles. The van der Waals surface area contributed by atoms with Crippen LogP contribution in [0, 0.1) is 0 Å². The van der Waals surface area contributed by atoms with Crippen molar-refractivity contribution < 1.29 is 9.84 Å². The van der Waals surface area contributed by atoms with Crippen molar-refractivity contribution in [2.24, 2.45) is 0 Å². The first-order valence-corrected chi connectivity index (χ1v) is 6.09. The Labute approximate surface area is 115 Å². The van der Waals surface area contributed by atoms with Crippen molar-refractivity contribution in [3.63, 3.8) is 0 Å². The van der Waals surface area contributed by atoms with Gasteiger partial charge in [-0.05, 0) is 30.7 Å². The van der Waals surface area contributed by atoms with E-state index in [4.69, 9.17) is 27.9 Å². The van der Waals surface area contributed by atoms with Gasteiger partial charge in [0, 0.05) is 23.4 Å². The first-order chi connectivity index (χ1) is 8.56. The third kappa shape index (κ3) is 3.13. The van der Waals surface area contributed by atoms with Crippen LogP contribution in [0.1, 0.15) is 18.6 Å². The Kier molecular flexibility index (Phi) is 4.07. The van der Waals surface area contributed by atoms with E-state index in [0.717, 1.165) is 5.56 Å². The largest absolute Gasteiger partial charge is 0.437 e. The second-order valence-corrected chi connectivity index (χ2v) is 4.62. The lowest BCUT2D eigenvalue weighted by Crippen LogP contribution is -1.94. The van der Waals surface area contributed by atoms with Crippen molar-refractivity contribution in [2.45, 2.75) is 13.0 Å². The molecule has 1 aromatic heterocycles. The van der Waals surface area contributed by atoms with Gasteiger partial charge in [0.1, 0.15) is 5.75 Å². The highest BCUT2D eigenvalue weighted by atomic mass is 35.5. The second-order valence-electron chi connectivity index (χ2n) is 3.78. The molecule has 1 aromatic carbocycles. The number of aliphatic hydroxyl groups excluding tert-OH is 1. The third-order valence-corrected chi connectivity index (χ3v) is 2.90. The fourth-order valence-electron chi connectivity index (χ4n) is 1.41. The highest BCUT2D eigenvalue weighted by Crippen LogP contribution is 2.31. The molecular formula is C13H11Cl2NO2. The topological polar surface area (TPSA) is 42.4 Å². The lowest BCUT2D eigenvalue weighted by molar-refractivity contribution is 0.198. The number of halogens is 2.